The summed E-state index contributed by atoms with van der Waals surface area (Å²) in [6.07, 6.45) is 7.04. The Hall–Kier alpha value is -1.89. The van der Waals surface area contributed by atoms with Crippen molar-refractivity contribution in [3.8, 4) is 11.4 Å². The third-order valence-corrected chi connectivity index (χ3v) is 6.32. The number of carbonyl (C=O) groups is 1. The molecule has 3 rings (SSSR count). The standard InChI is InChI=1S/C19H27N5OS/c1-4-24-18(15-8-10-20-11-9-15)22-23-19(24)26-12-17(25)21-16-7-5-6-13(2)14(16)3/h8-11,13-14,16H,4-7,12H2,1-3H3,(H,21,25)/t13-,14-,16+/m0/s1. The fourth-order valence-electron chi connectivity index (χ4n) is 3.56. The molecule has 2 heterocycles. The zero-order valence-corrected chi connectivity index (χ0v) is 16.5. The first-order valence-corrected chi connectivity index (χ1v) is 10.3. The van der Waals surface area contributed by atoms with E-state index in [0.717, 1.165) is 29.5 Å². The first-order valence-electron chi connectivity index (χ1n) is 9.36. The van der Waals surface area contributed by atoms with Gasteiger partial charge in [0.05, 0.1) is 5.75 Å². The van der Waals surface area contributed by atoms with Gasteiger partial charge in [-0.1, -0.05) is 38.5 Å². The Morgan fingerprint density at radius 2 is 2.04 bits per heavy atom. The highest BCUT2D eigenvalue weighted by molar-refractivity contribution is 7.99. The van der Waals surface area contributed by atoms with Crippen LogP contribution in [-0.2, 0) is 11.3 Å². The van der Waals surface area contributed by atoms with Gasteiger partial charge in [0.2, 0.25) is 5.91 Å². The third-order valence-electron chi connectivity index (χ3n) is 5.36. The SMILES string of the molecule is CCn1c(SCC(=O)N[C@@H]2CCC[C@H](C)[C@@H]2C)nnc1-c1ccncc1. The van der Waals surface area contributed by atoms with Crippen molar-refractivity contribution in [2.24, 2.45) is 11.8 Å². The van der Waals surface area contributed by atoms with E-state index in [1.54, 1.807) is 12.4 Å². The quantitative estimate of drug-likeness (QED) is 0.786. The topological polar surface area (TPSA) is 72.7 Å². The van der Waals surface area contributed by atoms with Gasteiger partial charge in [-0.25, -0.2) is 0 Å². The summed E-state index contributed by atoms with van der Waals surface area (Å²) in [7, 11) is 0. The zero-order valence-electron chi connectivity index (χ0n) is 15.7. The molecule has 1 N–H and O–H groups in total. The van der Waals surface area contributed by atoms with E-state index in [2.05, 4.69) is 41.3 Å². The Bertz CT molecular complexity index is 733. The highest BCUT2D eigenvalue weighted by atomic mass is 32.2. The van der Waals surface area contributed by atoms with Crippen LogP contribution in [0.1, 0.15) is 40.0 Å². The molecule has 0 radical (unpaired) electrons. The summed E-state index contributed by atoms with van der Waals surface area (Å²) in [5.41, 5.74) is 0.982. The van der Waals surface area contributed by atoms with Crippen LogP contribution < -0.4 is 5.32 Å². The summed E-state index contributed by atoms with van der Waals surface area (Å²) in [5, 5.41) is 12.6. The molecule has 2 aromatic rings. The van der Waals surface area contributed by atoms with Crippen molar-refractivity contribution in [3.05, 3.63) is 24.5 Å². The average Bonchev–Trinajstić information content (AvgIpc) is 3.07. The van der Waals surface area contributed by atoms with Crippen LogP contribution in [0.4, 0.5) is 0 Å². The van der Waals surface area contributed by atoms with Crippen molar-refractivity contribution in [2.75, 3.05) is 5.75 Å². The molecule has 6 nitrogen and oxygen atoms in total. The Balaban J connectivity index is 1.61. The molecule has 0 saturated heterocycles. The lowest BCUT2D eigenvalue weighted by molar-refractivity contribution is -0.120. The number of nitrogens with one attached hydrogen (secondary N) is 1. The molecule has 1 aliphatic rings. The number of carbonyl (C=O) groups excluding carboxylic acids is 1. The van der Waals surface area contributed by atoms with Crippen LogP contribution in [0.5, 0.6) is 0 Å². The van der Waals surface area contributed by atoms with Crippen LogP contribution in [-0.4, -0.2) is 37.5 Å². The van der Waals surface area contributed by atoms with Gasteiger partial charge >= 0.3 is 0 Å². The molecule has 3 atom stereocenters. The van der Waals surface area contributed by atoms with Crippen LogP contribution in [0.2, 0.25) is 0 Å². The molecule has 1 saturated carbocycles. The highest BCUT2D eigenvalue weighted by Gasteiger charge is 2.28. The minimum Gasteiger partial charge on any atom is -0.352 e. The maximum absolute atomic E-state index is 12.4. The molecule has 0 spiro atoms. The molecule has 7 heteroatoms. The predicted octanol–water partition coefficient (Wildman–Crippen LogP) is 3.39. The molecule has 26 heavy (non-hydrogen) atoms. The number of rotatable bonds is 6. The molecule has 1 fully saturated rings. The summed E-state index contributed by atoms with van der Waals surface area (Å²) in [4.78, 5) is 16.5. The number of aromatic nitrogens is 4. The van der Waals surface area contributed by atoms with Crippen LogP contribution in [0.25, 0.3) is 11.4 Å². The van der Waals surface area contributed by atoms with E-state index in [1.165, 1.54) is 24.6 Å². The number of hydrogen-bond donors (Lipinski definition) is 1. The Morgan fingerprint density at radius 3 is 2.77 bits per heavy atom. The van der Waals surface area contributed by atoms with Gasteiger partial charge in [0.25, 0.3) is 0 Å². The predicted molar refractivity (Wildman–Crippen MR) is 104 cm³/mol. The monoisotopic (exact) mass is 373 g/mol. The van der Waals surface area contributed by atoms with Crippen molar-refractivity contribution >= 4 is 17.7 Å². The molecular formula is C19H27N5OS. The largest absolute Gasteiger partial charge is 0.352 e. The van der Waals surface area contributed by atoms with Gasteiger partial charge in [0.15, 0.2) is 11.0 Å². The fourth-order valence-corrected chi connectivity index (χ4v) is 4.37. The first kappa shape index (κ1) is 18.9. The Morgan fingerprint density at radius 1 is 1.27 bits per heavy atom. The van der Waals surface area contributed by atoms with Gasteiger partial charge < -0.3 is 9.88 Å². The number of nitrogens with zero attached hydrogens (tertiary/aromatic N) is 4. The van der Waals surface area contributed by atoms with Gasteiger partial charge in [0, 0.05) is 30.5 Å². The highest BCUT2D eigenvalue weighted by Crippen LogP contribution is 2.29. The zero-order chi connectivity index (χ0) is 18.5. The lowest BCUT2D eigenvalue weighted by Gasteiger charge is -2.34. The molecule has 0 aliphatic heterocycles. The van der Waals surface area contributed by atoms with Gasteiger partial charge in [-0.15, -0.1) is 10.2 Å². The summed E-state index contributed by atoms with van der Waals surface area (Å²) < 4.78 is 2.04. The molecule has 140 valence electrons. The van der Waals surface area contributed by atoms with Crippen molar-refractivity contribution in [1.82, 2.24) is 25.1 Å². The smallest absolute Gasteiger partial charge is 0.230 e. The van der Waals surface area contributed by atoms with Crippen LogP contribution in [0.15, 0.2) is 29.7 Å². The van der Waals surface area contributed by atoms with E-state index < -0.39 is 0 Å². The second kappa shape index (κ2) is 8.66. The normalized spacial score (nSPS) is 23.0. The molecule has 1 aliphatic carbocycles. The van der Waals surface area contributed by atoms with Crippen LogP contribution in [0, 0.1) is 11.8 Å². The van der Waals surface area contributed by atoms with Crippen molar-refractivity contribution in [3.63, 3.8) is 0 Å². The summed E-state index contributed by atoms with van der Waals surface area (Å²) >= 11 is 1.45. The first-order chi connectivity index (χ1) is 12.6. The van der Waals surface area contributed by atoms with Gasteiger partial charge in [-0.2, -0.15) is 0 Å². The molecule has 0 unspecified atom stereocenters. The van der Waals surface area contributed by atoms with Gasteiger partial charge in [0.1, 0.15) is 0 Å². The second-order valence-electron chi connectivity index (χ2n) is 7.02. The van der Waals surface area contributed by atoms with Gasteiger partial charge in [-0.3, -0.25) is 9.78 Å². The molecule has 2 aromatic heterocycles. The van der Waals surface area contributed by atoms with E-state index in [4.69, 9.17) is 0 Å². The van der Waals surface area contributed by atoms with Crippen molar-refractivity contribution in [2.45, 2.75) is 57.8 Å². The van der Waals surface area contributed by atoms with Crippen molar-refractivity contribution in [1.29, 1.82) is 0 Å². The molecule has 0 aromatic carbocycles. The average molecular weight is 374 g/mol. The van der Waals surface area contributed by atoms with E-state index in [1.807, 2.05) is 16.7 Å². The molecule has 1 amide bonds. The van der Waals surface area contributed by atoms with E-state index in [9.17, 15) is 4.79 Å². The van der Waals surface area contributed by atoms with E-state index in [0.29, 0.717) is 23.6 Å². The minimum absolute atomic E-state index is 0.0806. The fraction of sp³-hybridized carbons (Fsp3) is 0.579. The van der Waals surface area contributed by atoms with Gasteiger partial charge in [-0.05, 0) is 37.3 Å². The maximum Gasteiger partial charge on any atom is 0.230 e. The second-order valence-corrected chi connectivity index (χ2v) is 7.96. The Labute approximate surface area is 159 Å². The Kier molecular flexibility index (Phi) is 6.29. The van der Waals surface area contributed by atoms with E-state index in [-0.39, 0.29) is 5.91 Å². The lowest BCUT2D eigenvalue weighted by Crippen LogP contribution is -2.44. The van der Waals surface area contributed by atoms with Crippen LogP contribution in [0.3, 0.4) is 0 Å². The third kappa shape index (κ3) is 4.26. The number of hydrogen-bond acceptors (Lipinski definition) is 5. The summed E-state index contributed by atoms with van der Waals surface area (Å²) in [5.74, 6) is 2.47. The maximum atomic E-state index is 12.4. The number of amides is 1. The minimum atomic E-state index is 0.0806. The number of thioether (sulfide) groups is 1. The molecular weight excluding hydrogens is 346 g/mol. The lowest BCUT2D eigenvalue weighted by atomic mass is 9.78. The summed E-state index contributed by atoms with van der Waals surface area (Å²) in [6.45, 7) is 7.34. The van der Waals surface area contributed by atoms with Crippen LogP contribution >= 0.6 is 11.8 Å². The molecule has 0 bridgehead atoms. The van der Waals surface area contributed by atoms with Crippen molar-refractivity contribution < 1.29 is 4.79 Å². The van der Waals surface area contributed by atoms with E-state index >= 15 is 0 Å². The summed E-state index contributed by atoms with van der Waals surface area (Å²) in [6, 6.07) is 4.13. The number of pyridine rings is 1.